The first-order valence-electron chi connectivity index (χ1n) is 6.18. The number of nitrogens with two attached hydrogens (primary N) is 1. The summed E-state index contributed by atoms with van der Waals surface area (Å²) in [5.74, 6) is 0.727. The van der Waals surface area contributed by atoms with Crippen LogP contribution in [-0.2, 0) is 6.54 Å². The van der Waals surface area contributed by atoms with Gasteiger partial charge in [0.15, 0.2) is 0 Å². The van der Waals surface area contributed by atoms with E-state index in [4.69, 9.17) is 22.1 Å². The van der Waals surface area contributed by atoms with Crippen molar-refractivity contribution < 1.29 is 4.74 Å². The standard InChI is InChI=1S/C14H17ClN2OS/c1-2-6-18-13-4-3-10(8-11(13)15)17-9-14-12(16)5-7-19-14/h3-5,7-8,17H,2,6,9,16H2,1H3. The molecule has 2 aromatic rings. The first kappa shape index (κ1) is 14.0. The minimum atomic E-state index is 0.623. The van der Waals surface area contributed by atoms with Crippen LogP contribution in [0.1, 0.15) is 18.2 Å². The van der Waals surface area contributed by atoms with Crippen molar-refractivity contribution in [1.29, 1.82) is 0 Å². The molecule has 5 heteroatoms. The van der Waals surface area contributed by atoms with E-state index in [1.807, 2.05) is 29.6 Å². The predicted molar refractivity (Wildman–Crippen MR) is 83.3 cm³/mol. The highest BCUT2D eigenvalue weighted by Crippen LogP contribution is 2.28. The Morgan fingerprint density at radius 1 is 1.37 bits per heavy atom. The number of hydrogen-bond acceptors (Lipinski definition) is 4. The largest absolute Gasteiger partial charge is 0.492 e. The third-order valence-electron chi connectivity index (χ3n) is 2.63. The molecule has 0 saturated heterocycles. The molecule has 102 valence electrons. The summed E-state index contributed by atoms with van der Waals surface area (Å²) in [5.41, 5.74) is 7.62. The van der Waals surface area contributed by atoms with E-state index in [2.05, 4.69) is 12.2 Å². The Labute approximate surface area is 122 Å². The topological polar surface area (TPSA) is 47.3 Å². The maximum absolute atomic E-state index is 6.17. The van der Waals surface area contributed by atoms with E-state index in [1.165, 1.54) is 0 Å². The van der Waals surface area contributed by atoms with Gasteiger partial charge in [-0.25, -0.2) is 0 Å². The fraction of sp³-hybridized carbons (Fsp3) is 0.286. The maximum atomic E-state index is 6.17. The normalized spacial score (nSPS) is 10.4. The van der Waals surface area contributed by atoms with Crippen molar-refractivity contribution in [3.05, 3.63) is 39.5 Å². The van der Waals surface area contributed by atoms with E-state index in [0.29, 0.717) is 18.2 Å². The SMILES string of the molecule is CCCOc1ccc(NCc2sccc2N)cc1Cl. The third-order valence-corrected chi connectivity index (χ3v) is 3.86. The number of ether oxygens (including phenoxy) is 1. The van der Waals surface area contributed by atoms with Gasteiger partial charge in [-0.2, -0.15) is 0 Å². The summed E-state index contributed by atoms with van der Waals surface area (Å²) in [5, 5.41) is 5.91. The van der Waals surface area contributed by atoms with Gasteiger partial charge in [0.25, 0.3) is 0 Å². The van der Waals surface area contributed by atoms with Gasteiger partial charge < -0.3 is 15.8 Å². The molecule has 0 aliphatic heterocycles. The number of nitrogens with one attached hydrogen (secondary N) is 1. The second kappa shape index (κ2) is 6.68. The number of halogens is 1. The molecule has 0 aliphatic carbocycles. The molecule has 0 radical (unpaired) electrons. The van der Waals surface area contributed by atoms with Gasteiger partial charge in [-0.1, -0.05) is 18.5 Å². The van der Waals surface area contributed by atoms with Crippen molar-refractivity contribution in [3.63, 3.8) is 0 Å². The van der Waals surface area contributed by atoms with Gasteiger partial charge in [-0.15, -0.1) is 11.3 Å². The average Bonchev–Trinajstić information content (AvgIpc) is 2.81. The summed E-state index contributed by atoms with van der Waals surface area (Å²) in [6, 6.07) is 7.63. The first-order chi connectivity index (χ1) is 9.20. The van der Waals surface area contributed by atoms with E-state index in [0.717, 1.165) is 28.4 Å². The molecule has 0 amide bonds. The molecule has 0 aliphatic rings. The zero-order valence-electron chi connectivity index (χ0n) is 10.8. The Kier molecular flexibility index (Phi) is 4.93. The minimum absolute atomic E-state index is 0.623. The van der Waals surface area contributed by atoms with Crippen LogP contribution >= 0.6 is 22.9 Å². The van der Waals surface area contributed by atoms with Crippen molar-refractivity contribution in [3.8, 4) is 5.75 Å². The van der Waals surface area contributed by atoms with Gasteiger partial charge >= 0.3 is 0 Å². The second-order valence-corrected chi connectivity index (χ2v) is 5.55. The molecule has 0 spiro atoms. The van der Waals surface area contributed by atoms with Gasteiger partial charge in [0.1, 0.15) is 5.75 Å². The monoisotopic (exact) mass is 296 g/mol. The summed E-state index contributed by atoms with van der Waals surface area (Å²) in [4.78, 5) is 1.13. The number of nitrogen functional groups attached to an aromatic ring is 1. The molecule has 2 rings (SSSR count). The lowest BCUT2D eigenvalue weighted by molar-refractivity contribution is 0.317. The van der Waals surface area contributed by atoms with Crippen LogP contribution in [0.2, 0.25) is 5.02 Å². The Balaban J connectivity index is 1.98. The summed E-state index contributed by atoms with van der Waals surface area (Å²) in [6.07, 6.45) is 0.966. The number of benzene rings is 1. The van der Waals surface area contributed by atoms with Crippen LogP contribution in [-0.4, -0.2) is 6.61 Å². The van der Waals surface area contributed by atoms with Crippen LogP contribution < -0.4 is 15.8 Å². The average molecular weight is 297 g/mol. The number of thiophene rings is 1. The summed E-state index contributed by atoms with van der Waals surface area (Å²) >= 11 is 7.81. The van der Waals surface area contributed by atoms with Crippen LogP contribution in [0.15, 0.2) is 29.6 Å². The summed E-state index contributed by atoms with van der Waals surface area (Å²) in [7, 11) is 0. The maximum Gasteiger partial charge on any atom is 0.138 e. The fourth-order valence-electron chi connectivity index (χ4n) is 1.62. The highest BCUT2D eigenvalue weighted by molar-refractivity contribution is 7.10. The van der Waals surface area contributed by atoms with E-state index in [9.17, 15) is 0 Å². The Bertz CT molecular complexity index is 542. The highest BCUT2D eigenvalue weighted by Gasteiger charge is 2.04. The molecule has 0 atom stereocenters. The molecule has 0 fully saturated rings. The lowest BCUT2D eigenvalue weighted by atomic mass is 10.3. The Hall–Kier alpha value is -1.39. The van der Waals surface area contributed by atoms with E-state index >= 15 is 0 Å². The number of hydrogen-bond donors (Lipinski definition) is 2. The van der Waals surface area contributed by atoms with Crippen LogP contribution in [0, 0.1) is 0 Å². The number of rotatable bonds is 6. The molecule has 0 saturated carbocycles. The predicted octanol–water partition coefficient (Wildman–Crippen LogP) is 4.38. The summed E-state index contributed by atoms with van der Waals surface area (Å²) < 4.78 is 5.53. The zero-order valence-corrected chi connectivity index (χ0v) is 12.4. The van der Waals surface area contributed by atoms with Crippen molar-refractivity contribution in [1.82, 2.24) is 0 Å². The smallest absolute Gasteiger partial charge is 0.138 e. The third kappa shape index (κ3) is 3.78. The molecular weight excluding hydrogens is 280 g/mol. The van der Waals surface area contributed by atoms with Gasteiger partial charge in [0.05, 0.1) is 18.2 Å². The first-order valence-corrected chi connectivity index (χ1v) is 7.44. The van der Waals surface area contributed by atoms with Crippen molar-refractivity contribution in [2.45, 2.75) is 19.9 Å². The van der Waals surface area contributed by atoms with Crippen LogP contribution in [0.5, 0.6) is 5.75 Å². The molecule has 1 aromatic heterocycles. The lowest BCUT2D eigenvalue weighted by Gasteiger charge is -2.10. The van der Waals surface area contributed by atoms with Crippen LogP contribution in [0.4, 0.5) is 11.4 Å². The van der Waals surface area contributed by atoms with Crippen LogP contribution in [0.3, 0.4) is 0 Å². The van der Waals surface area contributed by atoms with Crippen molar-refractivity contribution in [2.75, 3.05) is 17.7 Å². The van der Waals surface area contributed by atoms with Gasteiger partial charge in [-0.05, 0) is 36.1 Å². The lowest BCUT2D eigenvalue weighted by Crippen LogP contribution is -2.01. The van der Waals surface area contributed by atoms with E-state index in [-0.39, 0.29) is 0 Å². The van der Waals surface area contributed by atoms with Crippen molar-refractivity contribution in [2.24, 2.45) is 0 Å². The molecule has 1 heterocycles. The molecule has 19 heavy (non-hydrogen) atoms. The Morgan fingerprint density at radius 3 is 2.84 bits per heavy atom. The molecule has 1 aromatic carbocycles. The van der Waals surface area contributed by atoms with Crippen LogP contribution in [0.25, 0.3) is 0 Å². The Morgan fingerprint density at radius 2 is 2.21 bits per heavy atom. The van der Waals surface area contributed by atoms with Crippen molar-refractivity contribution >= 4 is 34.3 Å². The van der Waals surface area contributed by atoms with Gasteiger partial charge in [0, 0.05) is 16.3 Å². The molecular formula is C14H17ClN2OS. The molecule has 3 N–H and O–H groups in total. The quantitative estimate of drug-likeness (QED) is 0.831. The molecule has 0 unspecified atom stereocenters. The highest BCUT2D eigenvalue weighted by atomic mass is 35.5. The summed E-state index contributed by atoms with van der Waals surface area (Å²) in [6.45, 7) is 3.45. The zero-order chi connectivity index (χ0) is 13.7. The minimum Gasteiger partial charge on any atom is -0.492 e. The molecule has 3 nitrogen and oxygen atoms in total. The fourth-order valence-corrected chi connectivity index (χ4v) is 2.59. The van der Waals surface area contributed by atoms with E-state index < -0.39 is 0 Å². The molecule has 0 bridgehead atoms. The van der Waals surface area contributed by atoms with E-state index in [1.54, 1.807) is 11.3 Å². The van der Waals surface area contributed by atoms with Gasteiger partial charge in [-0.3, -0.25) is 0 Å². The van der Waals surface area contributed by atoms with Gasteiger partial charge in [0.2, 0.25) is 0 Å². The second-order valence-electron chi connectivity index (χ2n) is 4.15. The number of anilines is 2.